The second kappa shape index (κ2) is 7.57. The number of hydrogen-bond acceptors (Lipinski definition) is 4. The van der Waals surface area contributed by atoms with Crippen LogP contribution in [-0.4, -0.2) is 30.3 Å². The predicted molar refractivity (Wildman–Crippen MR) is 93.3 cm³/mol. The fourth-order valence-corrected chi connectivity index (χ4v) is 2.98. The third-order valence-electron chi connectivity index (χ3n) is 4.09. The van der Waals surface area contributed by atoms with E-state index in [0.29, 0.717) is 12.3 Å². The van der Waals surface area contributed by atoms with Crippen LogP contribution in [0.5, 0.6) is 0 Å². The lowest BCUT2D eigenvalue weighted by atomic mass is 10.3. The minimum atomic E-state index is -0.192. The third-order valence-corrected chi connectivity index (χ3v) is 4.33. The van der Waals surface area contributed by atoms with E-state index in [0.717, 1.165) is 42.3 Å². The Morgan fingerprint density at radius 1 is 1.46 bits per heavy atom. The lowest BCUT2D eigenvalue weighted by Crippen LogP contribution is -2.43. The summed E-state index contributed by atoms with van der Waals surface area (Å²) in [5, 5.41) is 10.4. The van der Waals surface area contributed by atoms with E-state index in [1.165, 1.54) is 0 Å². The number of aromatic nitrogens is 1. The van der Waals surface area contributed by atoms with Gasteiger partial charge in [-0.2, -0.15) is 0 Å². The van der Waals surface area contributed by atoms with E-state index in [1.54, 1.807) is 0 Å². The standard InChI is InChI=1S/C17H21ClN4O2/c1-2-13-9-16(24-21-13)10-19-17(23)20-14-6-7-22(11-14)15-5-3-4-12(18)8-15/h3-5,8-9,14H,2,6-7,10-11H2,1H3,(H2,19,20,23)/t14-/m1/s1. The van der Waals surface area contributed by atoms with Crippen LogP contribution in [-0.2, 0) is 13.0 Å². The van der Waals surface area contributed by atoms with Crippen molar-refractivity contribution in [2.24, 2.45) is 0 Å². The second-order valence-electron chi connectivity index (χ2n) is 5.88. The van der Waals surface area contributed by atoms with Crippen molar-refractivity contribution in [1.82, 2.24) is 15.8 Å². The fourth-order valence-electron chi connectivity index (χ4n) is 2.79. The van der Waals surface area contributed by atoms with Crippen LogP contribution < -0.4 is 15.5 Å². The maximum Gasteiger partial charge on any atom is 0.315 e. The van der Waals surface area contributed by atoms with Gasteiger partial charge in [0.05, 0.1) is 12.2 Å². The van der Waals surface area contributed by atoms with Gasteiger partial charge in [0.15, 0.2) is 5.76 Å². The van der Waals surface area contributed by atoms with Crippen molar-refractivity contribution in [3.05, 3.63) is 46.8 Å². The van der Waals surface area contributed by atoms with E-state index < -0.39 is 0 Å². The zero-order valence-corrected chi connectivity index (χ0v) is 14.3. The number of halogens is 1. The van der Waals surface area contributed by atoms with Crippen LogP contribution in [0, 0.1) is 0 Å². The molecule has 2 heterocycles. The van der Waals surface area contributed by atoms with Crippen molar-refractivity contribution >= 4 is 23.3 Å². The molecule has 7 heteroatoms. The number of hydrogen-bond donors (Lipinski definition) is 2. The summed E-state index contributed by atoms with van der Waals surface area (Å²) in [6.45, 7) is 4.01. The summed E-state index contributed by atoms with van der Waals surface area (Å²) < 4.78 is 5.15. The van der Waals surface area contributed by atoms with E-state index in [-0.39, 0.29) is 12.1 Å². The molecule has 24 heavy (non-hydrogen) atoms. The molecule has 0 aliphatic carbocycles. The summed E-state index contributed by atoms with van der Waals surface area (Å²) in [6.07, 6.45) is 1.72. The van der Waals surface area contributed by atoms with Crippen LogP contribution in [0.15, 0.2) is 34.9 Å². The van der Waals surface area contributed by atoms with Gasteiger partial charge in [-0.05, 0) is 31.0 Å². The molecule has 1 aromatic heterocycles. The van der Waals surface area contributed by atoms with Gasteiger partial charge >= 0.3 is 6.03 Å². The molecule has 1 saturated heterocycles. The molecule has 1 aromatic carbocycles. The zero-order chi connectivity index (χ0) is 16.9. The molecule has 0 saturated carbocycles. The van der Waals surface area contributed by atoms with Crippen molar-refractivity contribution in [2.45, 2.75) is 32.4 Å². The molecule has 1 aliphatic rings. The van der Waals surface area contributed by atoms with Crippen LogP contribution >= 0.6 is 11.6 Å². The number of carbonyl (C=O) groups excluding carboxylic acids is 1. The molecule has 2 amide bonds. The topological polar surface area (TPSA) is 70.4 Å². The largest absolute Gasteiger partial charge is 0.369 e. The Labute approximate surface area is 146 Å². The Balaban J connectivity index is 1.45. The van der Waals surface area contributed by atoms with Gasteiger partial charge in [0.1, 0.15) is 0 Å². The highest BCUT2D eigenvalue weighted by Crippen LogP contribution is 2.23. The molecule has 0 spiro atoms. The van der Waals surface area contributed by atoms with Crippen LogP contribution in [0.1, 0.15) is 24.8 Å². The molecular weight excluding hydrogens is 328 g/mol. The number of carbonyl (C=O) groups is 1. The van der Waals surface area contributed by atoms with Crippen molar-refractivity contribution in [2.75, 3.05) is 18.0 Å². The monoisotopic (exact) mass is 348 g/mol. The highest BCUT2D eigenvalue weighted by Gasteiger charge is 2.24. The first-order chi connectivity index (χ1) is 11.6. The van der Waals surface area contributed by atoms with E-state index in [4.69, 9.17) is 16.1 Å². The number of nitrogens with one attached hydrogen (secondary N) is 2. The van der Waals surface area contributed by atoms with Gasteiger partial charge in [-0.1, -0.05) is 29.7 Å². The zero-order valence-electron chi connectivity index (χ0n) is 13.6. The number of rotatable bonds is 5. The highest BCUT2D eigenvalue weighted by molar-refractivity contribution is 6.30. The molecule has 2 N–H and O–H groups in total. The second-order valence-corrected chi connectivity index (χ2v) is 6.31. The summed E-state index contributed by atoms with van der Waals surface area (Å²) in [5.41, 5.74) is 1.97. The smallest absolute Gasteiger partial charge is 0.315 e. The number of aryl methyl sites for hydroxylation is 1. The summed E-state index contributed by atoms with van der Waals surface area (Å²) >= 11 is 6.04. The highest BCUT2D eigenvalue weighted by atomic mass is 35.5. The molecule has 2 aromatic rings. The molecule has 1 atom stereocenters. The Kier molecular flexibility index (Phi) is 5.25. The number of benzene rings is 1. The molecule has 6 nitrogen and oxygen atoms in total. The molecule has 0 radical (unpaired) electrons. The van der Waals surface area contributed by atoms with Crippen LogP contribution in [0.25, 0.3) is 0 Å². The van der Waals surface area contributed by atoms with Crippen LogP contribution in [0.3, 0.4) is 0 Å². The van der Waals surface area contributed by atoms with Crippen molar-refractivity contribution in [1.29, 1.82) is 0 Å². The first-order valence-electron chi connectivity index (χ1n) is 8.13. The maximum atomic E-state index is 12.0. The fraction of sp³-hybridized carbons (Fsp3) is 0.412. The van der Waals surface area contributed by atoms with E-state index >= 15 is 0 Å². The van der Waals surface area contributed by atoms with Crippen LogP contribution in [0.2, 0.25) is 5.02 Å². The first-order valence-corrected chi connectivity index (χ1v) is 8.51. The van der Waals surface area contributed by atoms with Crippen molar-refractivity contribution in [3.8, 4) is 0 Å². The van der Waals surface area contributed by atoms with Gasteiger partial charge in [0.2, 0.25) is 0 Å². The lowest BCUT2D eigenvalue weighted by molar-refractivity contribution is 0.235. The third kappa shape index (κ3) is 4.20. The maximum absolute atomic E-state index is 12.0. The van der Waals surface area contributed by atoms with Crippen molar-refractivity contribution in [3.63, 3.8) is 0 Å². The Morgan fingerprint density at radius 3 is 3.08 bits per heavy atom. The van der Waals surface area contributed by atoms with E-state index in [2.05, 4.69) is 20.7 Å². The first kappa shape index (κ1) is 16.6. The predicted octanol–water partition coefficient (Wildman–Crippen LogP) is 2.97. The molecule has 1 aliphatic heterocycles. The van der Waals surface area contributed by atoms with Gasteiger partial charge in [-0.25, -0.2) is 4.79 Å². The summed E-state index contributed by atoms with van der Waals surface area (Å²) in [6, 6.07) is 9.55. The van der Waals surface area contributed by atoms with Crippen LogP contribution in [0.4, 0.5) is 10.5 Å². The van der Waals surface area contributed by atoms with E-state index in [9.17, 15) is 4.79 Å². The average Bonchev–Trinajstić information content (AvgIpc) is 3.22. The molecule has 1 fully saturated rings. The summed E-state index contributed by atoms with van der Waals surface area (Å²) in [5.74, 6) is 0.661. The Morgan fingerprint density at radius 2 is 2.33 bits per heavy atom. The number of urea groups is 1. The molecular formula is C17H21ClN4O2. The lowest BCUT2D eigenvalue weighted by Gasteiger charge is -2.19. The van der Waals surface area contributed by atoms with E-state index in [1.807, 2.05) is 37.3 Å². The normalized spacial score (nSPS) is 17.1. The quantitative estimate of drug-likeness (QED) is 0.871. The molecule has 3 rings (SSSR count). The molecule has 128 valence electrons. The van der Waals surface area contributed by atoms with Gasteiger partial charge < -0.3 is 20.1 Å². The Hall–Kier alpha value is -2.21. The average molecular weight is 349 g/mol. The number of nitrogens with zero attached hydrogens (tertiary/aromatic N) is 2. The summed E-state index contributed by atoms with van der Waals surface area (Å²) in [4.78, 5) is 14.2. The minimum Gasteiger partial charge on any atom is -0.369 e. The Bertz CT molecular complexity index is 703. The van der Waals surface area contributed by atoms with Gasteiger partial charge in [-0.15, -0.1) is 0 Å². The minimum absolute atomic E-state index is 0.116. The van der Waals surface area contributed by atoms with Gasteiger partial charge in [0.25, 0.3) is 0 Å². The molecule has 0 bridgehead atoms. The SMILES string of the molecule is CCc1cc(CNC(=O)N[C@@H]2CCN(c3cccc(Cl)c3)C2)on1. The number of anilines is 1. The van der Waals surface area contributed by atoms with Crippen molar-refractivity contribution < 1.29 is 9.32 Å². The van der Waals surface area contributed by atoms with Gasteiger partial charge in [0, 0.05) is 35.9 Å². The molecule has 0 unspecified atom stereocenters. The summed E-state index contributed by atoms with van der Waals surface area (Å²) in [7, 11) is 0. The van der Waals surface area contributed by atoms with Gasteiger partial charge in [-0.3, -0.25) is 0 Å². The number of amides is 2.